The molecule has 0 heterocycles. The van der Waals surface area contributed by atoms with Crippen molar-refractivity contribution in [2.45, 2.75) is 51.5 Å². The lowest BCUT2D eigenvalue weighted by Crippen LogP contribution is -2.44. The molecule has 0 aliphatic rings. The SMILES string of the molecule is CCCCCCC(=O)NC(C)(CBr)c1ccccc1. The van der Waals surface area contributed by atoms with E-state index in [2.05, 4.69) is 47.2 Å². The van der Waals surface area contributed by atoms with Gasteiger partial charge in [0, 0.05) is 11.8 Å². The minimum Gasteiger partial charge on any atom is -0.346 e. The minimum atomic E-state index is -0.330. The summed E-state index contributed by atoms with van der Waals surface area (Å²) in [5.41, 5.74) is 0.803. The average molecular weight is 326 g/mol. The first-order valence-corrected chi connectivity index (χ1v) is 8.17. The summed E-state index contributed by atoms with van der Waals surface area (Å²) in [6.45, 7) is 4.23. The molecule has 0 radical (unpaired) electrons. The first kappa shape index (κ1) is 16.2. The monoisotopic (exact) mass is 325 g/mol. The summed E-state index contributed by atoms with van der Waals surface area (Å²) in [7, 11) is 0. The Labute approximate surface area is 125 Å². The number of halogens is 1. The Balaban J connectivity index is 2.54. The number of unbranched alkanes of at least 4 members (excludes halogenated alkanes) is 3. The highest BCUT2D eigenvalue weighted by Gasteiger charge is 2.26. The van der Waals surface area contributed by atoms with Crippen molar-refractivity contribution in [3.05, 3.63) is 35.9 Å². The Bertz CT molecular complexity index is 380. The second-order valence-corrected chi connectivity index (χ2v) is 5.75. The molecule has 2 nitrogen and oxygen atoms in total. The Morgan fingerprint density at radius 1 is 1.21 bits per heavy atom. The summed E-state index contributed by atoms with van der Waals surface area (Å²) >= 11 is 3.52. The van der Waals surface area contributed by atoms with Gasteiger partial charge < -0.3 is 5.32 Å². The molecule has 1 unspecified atom stereocenters. The number of hydrogen-bond acceptors (Lipinski definition) is 1. The molecular formula is C16H24BrNO. The van der Waals surface area contributed by atoms with Crippen molar-refractivity contribution in [3.8, 4) is 0 Å². The molecule has 0 bridgehead atoms. The van der Waals surface area contributed by atoms with E-state index >= 15 is 0 Å². The number of carbonyl (C=O) groups excluding carboxylic acids is 1. The van der Waals surface area contributed by atoms with Crippen LogP contribution in [0.2, 0.25) is 0 Å². The molecule has 1 aromatic rings. The van der Waals surface area contributed by atoms with E-state index in [1.807, 2.05) is 18.2 Å². The zero-order valence-electron chi connectivity index (χ0n) is 11.9. The predicted octanol–water partition coefficient (Wildman–Crippen LogP) is 4.38. The van der Waals surface area contributed by atoms with E-state index in [9.17, 15) is 4.79 Å². The number of benzene rings is 1. The quantitative estimate of drug-likeness (QED) is 0.557. The maximum absolute atomic E-state index is 12.0. The zero-order valence-corrected chi connectivity index (χ0v) is 13.5. The van der Waals surface area contributed by atoms with Crippen LogP contribution in [0.5, 0.6) is 0 Å². The average Bonchev–Trinajstić information content (AvgIpc) is 2.44. The van der Waals surface area contributed by atoms with Crippen molar-refractivity contribution < 1.29 is 4.79 Å². The lowest BCUT2D eigenvalue weighted by atomic mass is 9.94. The molecule has 0 saturated carbocycles. The highest BCUT2D eigenvalue weighted by atomic mass is 79.9. The summed E-state index contributed by atoms with van der Waals surface area (Å²) in [4.78, 5) is 12.0. The molecule has 3 heteroatoms. The van der Waals surface area contributed by atoms with Crippen LogP contribution in [-0.2, 0) is 10.3 Å². The number of amides is 1. The molecule has 19 heavy (non-hydrogen) atoms. The first-order chi connectivity index (χ1) is 9.12. The van der Waals surface area contributed by atoms with Crippen molar-refractivity contribution in [2.75, 3.05) is 5.33 Å². The van der Waals surface area contributed by atoms with Crippen LogP contribution < -0.4 is 5.32 Å². The van der Waals surface area contributed by atoms with Gasteiger partial charge in [0.05, 0.1) is 5.54 Å². The van der Waals surface area contributed by atoms with Gasteiger partial charge in [-0.25, -0.2) is 0 Å². The van der Waals surface area contributed by atoms with Gasteiger partial charge in [-0.2, -0.15) is 0 Å². The maximum Gasteiger partial charge on any atom is 0.220 e. The van der Waals surface area contributed by atoms with E-state index in [1.165, 1.54) is 12.8 Å². The standard InChI is InChI=1S/C16H24BrNO/c1-3-4-5-9-12-15(19)18-16(2,13-17)14-10-7-6-8-11-14/h6-8,10-11H,3-5,9,12-13H2,1-2H3,(H,18,19). The zero-order chi connectivity index (χ0) is 14.1. The van der Waals surface area contributed by atoms with Gasteiger partial charge in [0.2, 0.25) is 5.91 Å². The molecule has 106 valence electrons. The fraction of sp³-hybridized carbons (Fsp3) is 0.562. The van der Waals surface area contributed by atoms with Crippen molar-refractivity contribution in [2.24, 2.45) is 0 Å². The van der Waals surface area contributed by atoms with Crippen LogP contribution in [0, 0.1) is 0 Å². The van der Waals surface area contributed by atoms with Crippen molar-refractivity contribution in [3.63, 3.8) is 0 Å². The second-order valence-electron chi connectivity index (χ2n) is 5.19. The topological polar surface area (TPSA) is 29.1 Å². The van der Waals surface area contributed by atoms with Crippen LogP contribution in [0.25, 0.3) is 0 Å². The fourth-order valence-corrected chi connectivity index (χ4v) is 2.54. The molecule has 0 fully saturated rings. The van der Waals surface area contributed by atoms with Crippen LogP contribution >= 0.6 is 15.9 Å². The van der Waals surface area contributed by atoms with E-state index in [0.29, 0.717) is 11.8 Å². The van der Waals surface area contributed by atoms with Gasteiger partial charge >= 0.3 is 0 Å². The number of rotatable bonds is 8. The van der Waals surface area contributed by atoms with Gasteiger partial charge in [-0.3, -0.25) is 4.79 Å². The molecule has 1 rings (SSSR count). The smallest absolute Gasteiger partial charge is 0.220 e. The Kier molecular flexibility index (Phi) is 7.14. The number of alkyl halides is 1. The van der Waals surface area contributed by atoms with Crippen LogP contribution in [0.4, 0.5) is 0 Å². The molecule has 0 saturated heterocycles. The van der Waals surface area contributed by atoms with Crippen molar-refractivity contribution >= 4 is 21.8 Å². The summed E-state index contributed by atoms with van der Waals surface area (Å²) in [6.07, 6.45) is 5.15. The number of carbonyl (C=O) groups is 1. The summed E-state index contributed by atoms with van der Waals surface area (Å²) in [5.74, 6) is 0.141. The maximum atomic E-state index is 12.0. The van der Waals surface area contributed by atoms with Gasteiger partial charge in [0.25, 0.3) is 0 Å². The number of hydrogen-bond donors (Lipinski definition) is 1. The highest BCUT2D eigenvalue weighted by Crippen LogP contribution is 2.23. The van der Waals surface area contributed by atoms with Crippen LogP contribution in [0.15, 0.2) is 30.3 Å². The minimum absolute atomic E-state index is 0.141. The predicted molar refractivity (Wildman–Crippen MR) is 84.5 cm³/mol. The number of nitrogens with one attached hydrogen (secondary N) is 1. The molecular weight excluding hydrogens is 302 g/mol. The summed E-state index contributed by atoms with van der Waals surface area (Å²) < 4.78 is 0. The van der Waals surface area contributed by atoms with E-state index in [4.69, 9.17) is 0 Å². The van der Waals surface area contributed by atoms with Gasteiger partial charge in [-0.15, -0.1) is 0 Å². The normalized spacial score (nSPS) is 13.8. The van der Waals surface area contributed by atoms with Crippen molar-refractivity contribution in [1.29, 1.82) is 0 Å². The molecule has 0 spiro atoms. The Morgan fingerprint density at radius 3 is 2.47 bits per heavy atom. The fourth-order valence-electron chi connectivity index (χ4n) is 2.07. The molecule has 0 aliphatic heterocycles. The molecule has 0 aliphatic carbocycles. The molecule has 1 aromatic carbocycles. The highest BCUT2D eigenvalue weighted by molar-refractivity contribution is 9.09. The van der Waals surface area contributed by atoms with Crippen LogP contribution in [0.3, 0.4) is 0 Å². The van der Waals surface area contributed by atoms with Crippen LogP contribution in [0.1, 0.15) is 51.5 Å². The van der Waals surface area contributed by atoms with Crippen LogP contribution in [-0.4, -0.2) is 11.2 Å². The lowest BCUT2D eigenvalue weighted by molar-refractivity contribution is -0.122. The molecule has 1 atom stereocenters. The molecule has 0 aromatic heterocycles. The van der Waals surface area contributed by atoms with Gasteiger partial charge in [-0.05, 0) is 18.9 Å². The third-order valence-electron chi connectivity index (χ3n) is 3.35. The van der Waals surface area contributed by atoms with E-state index in [1.54, 1.807) is 0 Å². The van der Waals surface area contributed by atoms with Crippen molar-refractivity contribution in [1.82, 2.24) is 5.32 Å². The van der Waals surface area contributed by atoms with Gasteiger partial charge in [-0.1, -0.05) is 72.4 Å². The largest absolute Gasteiger partial charge is 0.346 e. The first-order valence-electron chi connectivity index (χ1n) is 7.05. The van der Waals surface area contributed by atoms with E-state index in [-0.39, 0.29) is 11.4 Å². The van der Waals surface area contributed by atoms with Gasteiger partial charge in [0.1, 0.15) is 0 Å². The van der Waals surface area contributed by atoms with Gasteiger partial charge in [0.15, 0.2) is 0 Å². The Hall–Kier alpha value is -0.830. The molecule has 1 N–H and O–H groups in total. The van der Waals surface area contributed by atoms with E-state index in [0.717, 1.165) is 18.4 Å². The third-order valence-corrected chi connectivity index (χ3v) is 4.47. The summed E-state index contributed by atoms with van der Waals surface area (Å²) in [6, 6.07) is 10.1. The second kappa shape index (κ2) is 8.36. The Morgan fingerprint density at radius 2 is 1.89 bits per heavy atom. The molecule has 1 amide bonds. The van der Waals surface area contributed by atoms with E-state index < -0.39 is 0 Å². The third kappa shape index (κ3) is 5.35. The lowest BCUT2D eigenvalue weighted by Gasteiger charge is -2.29. The summed E-state index contributed by atoms with van der Waals surface area (Å²) in [5, 5.41) is 3.86.